The van der Waals surface area contributed by atoms with E-state index in [1.54, 1.807) is 12.0 Å². The molecule has 7 nitrogen and oxygen atoms in total. The number of thiazole rings is 1. The summed E-state index contributed by atoms with van der Waals surface area (Å²) in [6.07, 6.45) is 1.95. The molecule has 1 unspecified atom stereocenters. The van der Waals surface area contributed by atoms with E-state index in [0.29, 0.717) is 45.3 Å². The largest absolute Gasteiger partial charge is 0.493 e. The highest BCUT2D eigenvalue weighted by atomic mass is 32.1. The lowest BCUT2D eigenvalue weighted by atomic mass is 9.97. The van der Waals surface area contributed by atoms with Gasteiger partial charge in [0.2, 0.25) is 5.76 Å². The molecule has 2 aromatic heterocycles. The summed E-state index contributed by atoms with van der Waals surface area (Å²) in [5, 5.41) is 0.981. The van der Waals surface area contributed by atoms with Crippen molar-refractivity contribution in [3.8, 4) is 11.5 Å². The van der Waals surface area contributed by atoms with Crippen LogP contribution in [0.3, 0.4) is 0 Å². The molecule has 0 fully saturated rings. The van der Waals surface area contributed by atoms with Crippen molar-refractivity contribution in [2.45, 2.75) is 53.5 Å². The Morgan fingerprint density at radius 1 is 1.05 bits per heavy atom. The summed E-state index contributed by atoms with van der Waals surface area (Å²) in [6.45, 7) is 10.5. The molecule has 37 heavy (non-hydrogen) atoms. The van der Waals surface area contributed by atoms with Gasteiger partial charge in [-0.05, 0) is 75.1 Å². The third kappa shape index (κ3) is 4.19. The number of unbranched alkanes of at least 4 members (excludes halogenated alkanes) is 1. The van der Waals surface area contributed by atoms with Crippen LogP contribution in [0.1, 0.15) is 69.2 Å². The molecule has 1 aliphatic heterocycles. The maximum atomic E-state index is 13.9. The van der Waals surface area contributed by atoms with Crippen LogP contribution in [0.25, 0.3) is 11.0 Å². The topological polar surface area (TPSA) is 81.9 Å². The van der Waals surface area contributed by atoms with Gasteiger partial charge in [0.05, 0.1) is 36.4 Å². The second-order valence-electron chi connectivity index (χ2n) is 9.43. The molecule has 192 valence electrons. The molecule has 0 aliphatic carbocycles. The molecule has 1 aliphatic rings. The number of aryl methyl sites for hydroxylation is 4. The number of carbonyl (C=O) groups excluding carboxylic acids is 1. The van der Waals surface area contributed by atoms with Gasteiger partial charge in [-0.2, -0.15) is 0 Å². The number of benzene rings is 2. The third-order valence-electron chi connectivity index (χ3n) is 6.97. The van der Waals surface area contributed by atoms with Crippen LogP contribution in [0.15, 0.2) is 39.5 Å². The molecule has 0 radical (unpaired) electrons. The normalized spacial score (nSPS) is 14.9. The van der Waals surface area contributed by atoms with Gasteiger partial charge >= 0.3 is 0 Å². The quantitative estimate of drug-likeness (QED) is 0.263. The van der Waals surface area contributed by atoms with Crippen molar-refractivity contribution in [2.24, 2.45) is 0 Å². The van der Waals surface area contributed by atoms with Crippen LogP contribution in [0.5, 0.6) is 11.5 Å². The summed E-state index contributed by atoms with van der Waals surface area (Å²) in [4.78, 5) is 35.0. The molecule has 3 heterocycles. The monoisotopic (exact) mass is 518 g/mol. The lowest BCUT2D eigenvalue weighted by Gasteiger charge is -2.23. The molecule has 1 amide bonds. The molecule has 0 saturated carbocycles. The zero-order chi connectivity index (χ0) is 26.4. The predicted molar refractivity (Wildman–Crippen MR) is 146 cm³/mol. The first-order chi connectivity index (χ1) is 17.7. The predicted octanol–water partition coefficient (Wildman–Crippen LogP) is 6.42. The van der Waals surface area contributed by atoms with Crippen molar-refractivity contribution in [1.82, 2.24) is 4.98 Å². The number of hydrogen-bond acceptors (Lipinski definition) is 7. The van der Waals surface area contributed by atoms with Crippen molar-refractivity contribution in [2.75, 3.05) is 18.6 Å². The second-order valence-corrected chi connectivity index (χ2v) is 10.6. The Labute approximate surface area is 219 Å². The van der Waals surface area contributed by atoms with Crippen molar-refractivity contribution >= 4 is 33.3 Å². The van der Waals surface area contributed by atoms with E-state index in [2.05, 4.69) is 11.9 Å². The number of rotatable bonds is 7. The lowest BCUT2D eigenvalue weighted by Crippen LogP contribution is -2.29. The fourth-order valence-corrected chi connectivity index (χ4v) is 5.54. The molecule has 8 heteroatoms. The highest BCUT2D eigenvalue weighted by Crippen LogP contribution is 2.44. The van der Waals surface area contributed by atoms with Crippen molar-refractivity contribution < 1.29 is 18.7 Å². The van der Waals surface area contributed by atoms with Gasteiger partial charge in [-0.15, -0.1) is 11.3 Å². The number of aromatic nitrogens is 1. The number of amides is 1. The molecule has 2 aromatic carbocycles. The van der Waals surface area contributed by atoms with E-state index in [4.69, 9.17) is 13.9 Å². The van der Waals surface area contributed by atoms with Crippen LogP contribution in [-0.2, 0) is 0 Å². The Balaban J connectivity index is 1.73. The molecule has 5 rings (SSSR count). The van der Waals surface area contributed by atoms with Gasteiger partial charge in [0.25, 0.3) is 5.91 Å². The Kier molecular flexibility index (Phi) is 6.54. The van der Waals surface area contributed by atoms with E-state index < -0.39 is 6.04 Å². The van der Waals surface area contributed by atoms with Gasteiger partial charge in [-0.3, -0.25) is 14.5 Å². The number of methoxy groups -OCH3 is 1. The SMILES string of the molecule is CCCCOc1ccc(C2c3c(oc4cc(C)c(C)cc4c3=O)C(=O)N2c2nc(C)c(C)s2)cc1OC. The van der Waals surface area contributed by atoms with Crippen molar-refractivity contribution in [1.29, 1.82) is 0 Å². The van der Waals surface area contributed by atoms with Crippen LogP contribution in [0.2, 0.25) is 0 Å². The number of fused-ring (bicyclic) bond motifs is 2. The van der Waals surface area contributed by atoms with Crippen molar-refractivity contribution in [3.63, 3.8) is 0 Å². The van der Waals surface area contributed by atoms with Gasteiger partial charge < -0.3 is 13.9 Å². The summed E-state index contributed by atoms with van der Waals surface area (Å²) >= 11 is 1.42. The number of anilines is 1. The number of ether oxygens (including phenoxy) is 2. The van der Waals surface area contributed by atoms with Crippen LogP contribution in [0.4, 0.5) is 5.13 Å². The van der Waals surface area contributed by atoms with Gasteiger partial charge in [0.15, 0.2) is 22.1 Å². The number of carbonyl (C=O) groups is 1. The maximum absolute atomic E-state index is 13.9. The highest BCUT2D eigenvalue weighted by Gasteiger charge is 2.45. The highest BCUT2D eigenvalue weighted by molar-refractivity contribution is 7.15. The molecule has 4 aromatic rings. The molecular weight excluding hydrogens is 488 g/mol. The molecular formula is C29H30N2O5S. The van der Waals surface area contributed by atoms with Crippen molar-refractivity contribution in [3.05, 3.63) is 79.1 Å². The minimum atomic E-state index is -0.715. The van der Waals surface area contributed by atoms with Gasteiger partial charge in [0.1, 0.15) is 5.58 Å². The number of nitrogens with zero attached hydrogens (tertiary/aromatic N) is 2. The van der Waals surface area contributed by atoms with E-state index in [0.717, 1.165) is 34.5 Å². The molecule has 0 bridgehead atoms. The summed E-state index contributed by atoms with van der Waals surface area (Å²) in [6, 6.07) is 8.48. The number of hydrogen-bond donors (Lipinski definition) is 0. The third-order valence-corrected chi connectivity index (χ3v) is 8.04. The van der Waals surface area contributed by atoms with E-state index >= 15 is 0 Å². The minimum absolute atomic E-state index is 0.0542. The van der Waals surface area contributed by atoms with E-state index in [1.165, 1.54) is 11.3 Å². The van der Waals surface area contributed by atoms with Gasteiger partial charge in [0, 0.05) is 4.88 Å². The zero-order valence-corrected chi connectivity index (χ0v) is 22.7. The maximum Gasteiger partial charge on any atom is 0.297 e. The fraction of sp³-hybridized carbons (Fsp3) is 0.345. The Morgan fingerprint density at radius 2 is 1.81 bits per heavy atom. The van der Waals surface area contributed by atoms with Crippen LogP contribution in [-0.4, -0.2) is 24.6 Å². The van der Waals surface area contributed by atoms with Gasteiger partial charge in [-0.1, -0.05) is 19.4 Å². The Hall–Kier alpha value is -3.65. The first kappa shape index (κ1) is 25.0. The Morgan fingerprint density at radius 3 is 2.49 bits per heavy atom. The summed E-state index contributed by atoms with van der Waals surface area (Å²) in [5.74, 6) is 0.831. The van der Waals surface area contributed by atoms with Crippen LogP contribution >= 0.6 is 11.3 Å². The second kappa shape index (κ2) is 9.67. The van der Waals surface area contributed by atoms with E-state index in [1.807, 2.05) is 58.0 Å². The lowest BCUT2D eigenvalue weighted by molar-refractivity contribution is 0.0971. The molecule has 1 atom stereocenters. The molecule has 0 saturated heterocycles. The van der Waals surface area contributed by atoms with Crippen LogP contribution < -0.4 is 19.8 Å². The van der Waals surface area contributed by atoms with Crippen LogP contribution in [0, 0.1) is 27.7 Å². The first-order valence-electron chi connectivity index (χ1n) is 12.4. The average molecular weight is 519 g/mol. The summed E-state index contributed by atoms with van der Waals surface area (Å²) < 4.78 is 17.7. The summed E-state index contributed by atoms with van der Waals surface area (Å²) in [5.41, 5.74) is 4.04. The smallest absolute Gasteiger partial charge is 0.297 e. The van der Waals surface area contributed by atoms with Gasteiger partial charge in [-0.25, -0.2) is 4.98 Å². The zero-order valence-electron chi connectivity index (χ0n) is 21.9. The first-order valence-corrected chi connectivity index (χ1v) is 13.2. The minimum Gasteiger partial charge on any atom is -0.493 e. The summed E-state index contributed by atoms with van der Waals surface area (Å²) in [7, 11) is 1.58. The Bertz CT molecular complexity index is 1570. The molecule has 0 spiro atoms. The van der Waals surface area contributed by atoms with E-state index in [-0.39, 0.29) is 17.1 Å². The fourth-order valence-electron chi connectivity index (χ4n) is 4.60. The standard InChI is InChI=1S/C29H30N2O5S/c1-7-8-11-35-21-10-9-19(14-23(21)34-6)25-24-26(32)20-12-15(2)16(3)13-22(20)36-27(24)28(33)31(25)29-30-17(4)18(5)37-29/h9-10,12-14,25H,7-8,11H2,1-6H3. The van der Waals surface area contributed by atoms with E-state index in [9.17, 15) is 9.59 Å². The average Bonchev–Trinajstić information content (AvgIpc) is 3.36. The molecule has 0 N–H and O–H groups in total.